The Hall–Kier alpha value is -2.02. The molecule has 2 rings (SSSR count). The fraction of sp³-hybridized carbons (Fsp3) is 0.471. The Balaban J connectivity index is 2.24. The number of aliphatic hydroxyl groups excluding tert-OH is 1. The van der Waals surface area contributed by atoms with E-state index in [1.165, 1.54) is 24.3 Å². The van der Waals surface area contributed by atoms with Crippen LogP contribution in [0.4, 0.5) is 13.2 Å². The molecule has 1 N–H and O–H groups in total. The van der Waals surface area contributed by atoms with Crippen molar-refractivity contribution in [2.24, 2.45) is 5.92 Å². The highest BCUT2D eigenvalue weighted by molar-refractivity contribution is 5.60. The molecule has 0 spiro atoms. The third-order valence-electron chi connectivity index (χ3n) is 3.53. The normalized spacial score (nSPS) is 13.3. The zero-order chi connectivity index (χ0) is 17.9. The fourth-order valence-electron chi connectivity index (χ4n) is 2.49. The summed E-state index contributed by atoms with van der Waals surface area (Å²) in [5, 5.41) is 14.8. The summed E-state index contributed by atoms with van der Waals surface area (Å²) in [6, 6.07) is 7.30. The Morgan fingerprint density at radius 2 is 1.83 bits per heavy atom. The van der Waals surface area contributed by atoms with Crippen molar-refractivity contribution in [3.63, 3.8) is 0 Å². The third-order valence-corrected chi connectivity index (χ3v) is 3.53. The summed E-state index contributed by atoms with van der Waals surface area (Å²) in [6.07, 6.45) is -4.72. The Morgan fingerprint density at radius 1 is 1.21 bits per heavy atom. The van der Waals surface area contributed by atoms with E-state index in [-0.39, 0.29) is 5.75 Å². The summed E-state index contributed by atoms with van der Waals surface area (Å²) < 4.78 is 42.2. The highest BCUT2D eigenvalue weighted by Gasteiger charge is 2.31. The van der Waals surface area contributed by atoms with E-state index in [0.717, 1.165) is 0 Å². The molecule has 0 amide bonds. The molecule has 0 aliphatic rings. The first kappa shape index (κ1) is 18.3. The number of ether oxygens (including phenoxy) is 1. The predicted octanol–water partition coefficient (Wildman–Crippen LogP) is 4.55. The Morgan fingerprint density at radius 3 is 2.33 bits per heavy atom. The molecule has 0 fully saturated rings. The second kappa shape index (κ2) is 7.25. The smallest absolute Gasteiger partial charge is 0.406 e. The highest BCUT2D eigenvalue weighted by atomic mass is 19.4. The summed E-state index contributed by atoms with van der Waals surface area (Å²) >= 11 is 0. The molecule has 2 aromatic rings. The van der Waals surface area contributed by atoms with E-state index in [2.05, 4.69) is 9.84 Å². The van der Waals surface area contributed by atoms with Crippen molar-refractivity contribution >= 4 is 0 Å². The van der Waals surface area contributed by atoms with E-state index in [4.69, 9.17) is 0 Å². The summed E-state index contributed by atoms with van der Waals surface area (Å²) in [4.78, 5) is 0. The lowest BCUT2D eigenvalue weighted by Gasteiger charge is -2.13. The molecule has 24 heavy (non-hydrogen) atoms. The van der Waals surface area contributed by atoms with Gasteiger partial charge in [0.2, 0.25) is 0 Å². The second-order valence-corrected chi connectivity index (χ2v) is 5.99. The minimum atomic E-state index is -4.71. The van der Waals surface area contributed by atoms with Gasteiger partial charge < -0.3 is 9.84 Å². The summed E-state index contributed by atoms with van der Waals surface area (Å²) in [5.74, 6) is 0.0590. The third kappa shape index (κ3) is 4.74. The largest absolute Gasteiger partial charge is 0.573 e. The molecule has 0 saturated carbocycles. The van der Waals surface area contributed by atoms with Gasteiger partial charge in [-0.2, -0.15) is 5.10 Å². The van der Waals surface area contributed by atoms with Gasteiger partial charge in [0.1, 0.15) is 5.75 Å². The number of aryl methyl sites for hydroxylation is 1. The van der Waals surface area contributed by atoms with E-state index < -0.39 is 12.5 Å². The van der Waals surface area contributed by atoms with Gasteiger partial charge in [-0.3, -0.25) is 4.68 Å². The monoisotopic (exact) mass is 342 g/mol. The average Bonchev–Trinajstić information content (AvgIpc) is 2.90. The molecule has 1 heterocycles. The van der Waals surface area contributed by atoms with E-state index in [1.54, 1.807) is 10.7 Å². The van der Waals surface area contributed by atoms with Crippen LogP contribution in [-0.4, -0.2) is 21.2 Å². The molecule has 1 atom stereocenters. The van der Waals surface area contributed by atoms with Crippen molar-refractivity contribution in [2.45, 2.75) is 46.2 Å². The fourth-order valence-corrected chi connectivity index (χ4v) is 2.49. The first-order valence-electron chi connectivity index (χ1n) is 7.81. The number of aromatic nitrogens is 2. The number of hydrogen-bond acceptors (Lipinski definition) is 3. The van der Waals surface area contributed by atoms with Gasteiger partial charge in [-0.1, -0.05) is 13.8 Å². The molecule has 4 nitrogen and oxygen atoms in total. The van der Waals surface area contributed by atoms with Gasteiger partial charge in [0.25, 0.3) is 0 Å². The van der Waals surface area contributed by atoms with Crippen molar-refractivity contribution in [1.29, 1.82) is 0 Å². The van der Waals surface area contributed by atoms with Crippen LogP contribution in [0.1, 0.15) is 39.0 Å². The Labute approximate surface area is 138 Å². The van der Waals surface area contributed by atoms with E-state index in [1.807, 2.05) is 20.8 Å². The van der Waals surface area contributed by atoms with Gasteiger partial charge in [-0.15, -0.1) is 13.2 Å². The quantitative estimate of drug-likeness (QED) is 0.838. The van der Waals surface area contributed by atoms with Crippen LogP contribution >= 0.6 is 0 Å². The zero-order valence-corrected chi connectivity index (χ0v) is 13.8. The van der Waals surface area contributed by atoms with Crippen LogP contribution < -0.4 is 4.74 Å². The van der Waals surface area contributed by atoms with E-state index in [9.17, 15) is 18.3 Å². The van der Waals surface area contributed by atoms with Crippen LogP contribution in [0.2, 0.25) is 0 Å². The molecule has 7 heteroatoms. The highest BCUT2D eigenvalue weighted by Crippen LogP contribution is 2.29. The topological polar surface area (TPSA) is 47.3 Å². The van der Waals surface area contributed by atoms with Crippen molar-refractivity contribution in [3.8, 4) is 17.0 Å². The number of aliphatic hydroxyl groups is 1. The van der Waals surface area contributed by atoms with Crippen molar-refractivity contribution in [1.82, 2.24) is 9.78 Å². The predicted molar refractivity (Wildman–Crippen MR) is 84.4 cm³/mol. The Kier molecular flexibility index (Phi) is 5.54. The van der Waals surface area contributed by atoms with Crippen molar-refractivity contribution in [3.05, 3.63) is 36.0 Å². The molecule has 1 aromatic carbocycles. The maximum Gasteiger partial charge on any atom is 0.573 e. The van der Waals surface area contributed by atoms with E-state index >= 15 is 0 Å². The molecule has 0 aliphatic heterocycles. The summed E-state index contributed by atoms with van der Waals surface area (Å²) in [5.41, 5.74) is 1.97. The van der Waals surface area contributed by atoms with Crippen LogP contribution in [0, 0.1) is 5.92 Å². The maximum absolute atomic E-state index is 12.2. The molecule has 0 aliphatic carbocycles. The van der Waals surface area contributed by atoms with Crippen molar-refractivity contribution < 1.29 is 23.0 Å². The SMILES string of the molecule is CCn1nc(-c2ccc(OC(F)(F)F)cc2)cc1C(O)CC(C)C. The molecular formula is C17H21F3N2O2. The second-order valence-electron chi connectivity index (χ2n) is 5.99. The number of nitrogens with zero attached hydrogens (tertiary/aromatic N) is 2. The van der Waals surface area contributed by atoms with Crippen LogP contribution in [-0.2, 0) is 6.54 Å². The van der Waals surface area contributed by atoms with Gasteiger partial charge in [-0.05, 0) is 49.6 Å². The van der Waals surface area contributed by atoms with Gasteiger partial charge in [0, 0.05) is 12.1 Å². The lowest BCUT2D eigenvalue weighted by Crippen LogP contribution is -2.16. The minimum Gasteiger partial charge on any atom is -0.406 e. The molecule has 1 aromatic heterocycles. The molecule has 0 bridgehead atoms. The zero-order valence-electron chi connectivity index (χ0n) is 13.8. The van der Waals surface area contributed by atoms with Gasteiger partial charge in [-0.25, -0.2) is 0 Å². The number of halogens is 3. The minimum absolute atomic E-state index is 0.277. The standard InChI is InChI=1S/C17H21F3N2O2/c1-4-22-15(16(23)9-11(2)3)10-14(21-22)12-5-7-13(8-6-12)24-17(18,19)20/h5-8,10-11,16,23H,4,9H2,1-3H3. The number of rotatable bonds is 6. The summed E-state index contributed by atoms with van der Waals surface area (Å²) in [6.45, 7) is 6.56. The lowest BCUT2D eigenvalue weighted by atomic mass is 10.0. The van der Waals surface area contributed by atoms with Gasteiger partial charge >= 0.3 is 6.36 Å². The maximum atomic E-state index is 12.2. The van der Waals surface area contributed by atoms with Crippen molar-refractivity contribution in [2.75, 3.05) is 0 Å². The van der Waals surface area contributed by atoms with Crippen LogP contribution in [0.5, 0.6) is 5.75 Å². The van der Waals surface area contributed by atoms with E-state index in [0.29, 0.717) is 35.8 Å². The summed E-state index contributed by atoms with van der Waals surface area (Å²) in [7, 11) is 0. The molecule has 0 radical (unpaired) electrons. The molecule has 1 unspecified atom stereocenters. The number of hydrogen-bond donors (Lipinski definition) is 1. The first-order chi connectivity index (χ1) is 11.2. The lowest BCUT2D eigenvalue weighted by molar-refractivity contribution is -0.274. The number of alkyl halides is 3. The average molecular weight is 342 g/mol. The molecular weight excluding hydrogens is 321 g/mol. The molecule has 132 valence electrons. The van der Waals surface area contributed by atoms with Gasteiger partial charge in [0.05, 0.1) is 17.5 Å². The number of benzene rings is 1. The first-order valence-corrected chi connectivity index (χ1v) is 7.81. The van der Waals surface area contributed by atoms with Crippen LogP contribution in [0.3, 0.4) is 0 Å². The molecule has 0 saturated heterocycles. The van der Waals surface area contributed by atoms with Gasteiger partial charge in [0.15, 0.2) is 0 Å². The van der Waals surface area contributed by atoms with Crippen LogP contribution in [0.25, 0.3) is 11.3 Å². The Bertz CT molecular complexity index is 663. The van der Waals surface area contributed by atoms with Crippen LogP contribution in [0.15, 0.2) is 30.3 Å².